The van der Waals surface area contributed by atoms with Crippen molar-refractivity contribution >= 4 is 11.3 Å². The van der Waals surface area contributed by atoms with Gasteiger partial charge < -0.3 is 14.2 Å². The van der Waals surface area contributed by atoms with Gasteiger partial charge in [0.1, 0.15) is 13.2 Å². The first-order valence-corrected chi connectivity index (χ1v) is 11.3. The van der Waals surface area contributed by atoms with E-state index in [-0.39, 0.29) is 0 Å². The number of benzene rings is 3. The molecular formula is C27H23O3S+. The molecule has 0 fully saturated rings. The molecule has 0 N–H and O–H groups in total. The molecule has 2 heterocycles. The zero-order valence-electron chi connectivity index (χ0n) is 17.1. The first-order valence-electron chi connectivity index (χ1n) is 10.4. The van der Waals surface area contributed by atoms with Gasteiger partial charge in [0, 0.05) is 23.3 Å². The minimum absolute atomic E-state index is 0.515. The summed E-state index contributed by atoms with van der Waals surface area (Å²) in [5.74, 6) is 1.53. The fourth-order valence-corrected chi connectivity index (χ4v) is 4.72. The molecule has 0 aliphatic carbocycles. The number of hydrogen-bond acceptors (Lipinski definition) is 3. The number of ether oxygens (including phenoxy) is 3. The van der Waals surface area contributed by atoms with E-state index in [1.54, 1.807) is 11.3 Å². The van der Waals surface area contributed by atoms with Gasteiger partial charge in [0.15, 0.2) is 11.5 Å². The fraction of sp³-hybridized carbons (Fsp3) is 0.148. The highest BCUT2D eigenvalue weighted by atomic mass is 32.1. The van der Waals surface area contributed by atoms with Gasteiger partial charge in [0.05, 0.1) is 13.2 Å². The maximum absolute atomic E-state index is 5.95. The van der Waals surface area contributed by atoms with E-state index in [9.17, 15) is 0 Å². The molecule has 3 nitrogen and oxygen atoms in total. The first kappa shape index (κ1) is 19.7. The smallest absolute Gasteiger partial charge is 0.239 e. The summed E-state index contributed by atoms with van der Waals surface area (Å²) in [7, 11) is 0. The van der Waals surface area contributed by atoms with Gasteiger partial charge in [-0.3, -0.25) is 0 Å². The third-order valence-corrected chi connectivity index (χ3v) is 6.30. The Morgan fingerprint density at radius 3 is 1.68 bits per heavy atom. The molecule has 154 valence electrons. The SMILES string of the molecule is c1ccc(-c2cc(-c3ccc4c(c3)OCCOCCO4)cc(-c3ccccc3)[s+]2)cc1. The van der Waals surface area contributed by atoms with Crippen LogP contribution in [-0.4, -0.2) is 26.4 Å². The third kappa shape index (κ3) is 4.61. The van der Waals surface area contributed by atoms with Crippen LogP contribution in [0.2, 0.25) is 0 Å². The highest BCUT2D eigenvalue weighted by molar-refractivity contribution is 7.18. The van der Waals surface area contributed by atoms with Crippen molar-refractivity contribution in [3.63, 3.8) is 0 Å². The molecule has 1 aliphatic rings. The number of rotatable bonds is 3. The second-order valence-electron chi connectivity index (χ2n) is 7.28. The van der Waals surface area contributed by atoms with E-state index < -0.39 is 0 Å². The molecule has 0 saturated carbocycles. The van der Waals surface area contributed by atoms with E-state index in [1.165, 1.54) is 20.9 Å². The number of fused-ring (bicyclic) bond motifs is 1. The van der Waals surface area contributed by atoms with E-state index in [0.717, 1.165) is 22.6 Å². The van der Waals surface area contributed by atoms with E-state index in [0.29, 0.717) is 26.4 Å². The van der Waals surface area contributed by atoms with Crippen molar-refractivity contribution in [3.05, 3.63) is 91.0 Å². The van der Waals surface area contributed by atoms with Crippen molar-refractivity contribution < 1.29 is 14.2 Å². The fourth-order valence-electron chi connectivity index (χ4n) is 3.60. The molecule has 0 bridgehead atoms. The predicted molar refractivity (Wildman–Crippen MR) is 127 cm³/mol. The van der Waals surface area contributed by atoms with Crippen LogP contribution in [0.15, 0.2) is 91.0 Å². The highest BCUT2D eigenvalue weighted by Gasteiger charge is 2.20. The summed E-state index contributed by atoms with van der Waals surface area (Å²) in [6, 6.07) is 31.7. The topological polar surface area (TPSA) is 27.7 Å². The van der Waals surface area contributed by atoms with Crippen LogP contribution in [0.1, 0.15) is 0 Å². The molecule has 3 aromatic carbocycles. The minimum atomic E-state index is 0.515. The summed E-state index contributed by atoms with van der Waals surface area (Å²) >= 11 is 1.80. The maximum Gasteiger partial charge on any atom is 0.239 e. The van der Waals surface area contributed by atoms with Crippen molar-refractivity contribution in [2.75, 3.05) is 26.4 Å². The molecule has 1 aromatic heterocycles. The summed E-state index contributed by atoms with van der Waals surface area (Å²) in [6.45, 7) is 2.18. The lowest BCUT2D eigenvalue weighted by atomic mass is 10.0. The summed E-state index contributed by atoms with van der Waals surface area (Å²) in [4.78, 5) is 2.46. The van der Waals surface area contributed by atoms with Gasteiger partial charge in [0.2, 0.25) is 21.1 Å². The van der Waals surface area contributed by atoms with Crippen molar-refractivity contribution in [2.45, 2.75) is 0 Å². The molecule has 4 heteroatoms. The average Bonchev–Trinajstić information content (AvgIpc) is 2.96. The largest absolute Gasteiger partial charge is 0.487 e. The van der Waals surface area contributed by atoms with Crippen LogP contribution in [0.5, 0.6) is 11.5 Å². The summed E-state index contributed by atoms with van der Waals surface area (Å²) in [5, 5.41) is 0. The van der Waals surface area contributed by atoms with Crippen LogP contribution in [-0.2, 0) is 4.74 Å². The lowest BCUT2D eigenvalue weighted by Gasteiger charge is -2.12. The zero-order valence-corrected chi connectivity index (χ0v) is 17.9. The summed E-state index contributed by atoms with van der Waals surface area (Å²) < 4.78 is 17.3. The molecule has 4 aromatic rings. The molecule has 0 radical (unpaired) electrons. The molecule has 31 heavy (non-hydrogen) atoms. The molecular weight excluding hydrogens is 404 g/mol. The third-order valence-electron chi connectivity index (χ3n) is 5.16. The first-order chi connectivity index (χ1) is 15.4. The molecule has 0 amide bonds. The second-order valence-corrected chi connectivity index (χ2v) is 8.36. The highest BCUT2D eigenvalue weighted by Crippen LogP contribution is 2.39. The lowest BCUT2D eigenvalue weighted by Crippen LogP contribution is -2.08. The van der Waals surface area contributed by atoms with E-state index in [4.69, 9.17) is 14.2 Å². The Balaban J connectivity index is 1.61. The minimum Gasteiger partial charge on any atom is -0.487 e. The molecule has 0 atom stereocenters. The Hall–Kier alpha value is -3.21. The maximum atomic E-state index is 5.95. The molecule has 1 aliphatic heterocycles. The van der Waals surface area contributed by atoms with Crippen molar-refractivity contribution in [1.82, 2.24) is 0 Å². The average molecular weight is 428 g/mol. The van der Waals surface area contributed by atoms with Gasteiger partial charge >= 0.3 is 0 Å². The van der Waals surface area contributed by atoms with Crippen LogP contribution in [0, 0.1) is 0 Å². The Bertz CT molecular complexity index is 1100. The van der Waals surface area contributed by atoms with Gasteiger partial charge in [-0.1, -0.05) is 42.5 Å². The van der Waals surface area contributed by atoms with E-state index in [2.05, 4.69) is 84.9 Å². The normalized spacial score (nSPS) is 13.7. The Kier molecular flexibility index (Phi) is 5.92. The van der Waals surface area contributed by atoms with Crippen LogP contribution in [0.25, 0.3) is 32.0 Å². The standard InChI is InChI=1S/C27H23O3S/c1-3-7-20(8-4-1)26-18-23(19-27(31-26)21-9-5-2-6-10-21)22-11-12-24-25(17-22)30-16-14-28-13-15-29-24/h1-12,17-19H,13-16H2/q+1. The summed E-state index contributed by atoms with van der Waals surface area (Å²) in [5.41, 5.74) is 4.68. The van der Waals surface area contributed by atoms with Crippen LogP contribution in [0.3, 0.4) is 0 Å². The van der Waals surface area contributed by atoms with Crippen molar-refractivity contribution in [1.29, 1.82) is 0 Å². The summed E-state index contributed by atoms with van der Waals surface area (Å²) in [6.07, 6.45) is 0. The van der Waals surface area contributed by atoms with Gasteiger partial charge in [-0.15, -0.1) is 0 Å². The molecule has 0 saturated heterocycles. The van der Waals surface area contributed by atoms with E-state index in [1.807, 2.05) is 6.07 Å². The van der Waals surface area contributed by atoms with Crippen LogP contribution in [0.4, 0.5) is 0 Å². The Labute approximate surface area is 186 Å². The number of hydrogen-bond donors (Lipinski definition) is 0. The Morgan fingerprint density at radius 1 is 0.484 bits per heavy atom. The van der Waals surface area contributed by atoms with Crippen molar-refractivity contribution in [3.8, 4) is 43.5 Å². The van der Waals surface area contributed by atoms with Crippen LogP contribution < -0.4 is 9.47 Å². The monoisotopic (exact) mass is 427 g/mol. The van der Waals surface area contributed by atoms with Crippen molar-refractivity contribution in [2.24, 2.45) is 0 Å². The van der Waals surface area contributed by atoms with Crippen LogP contribution >= 0.6 is 11.3 Å². The second kappa shape index (κ2) is 9.29. The lowest BCUT2D eigenvalue weighted by molar-refractivity contribution is 0.0877. The van der Waals surface area contributed by atoms with E-state index >= 15 is 0 Å². The quantitative estimate of drug-likeness (QED) is 0.336. The molecule has 0 unspecified atom stereocenters. The molecule has 5 rings (SSSR count). The van der Waals surface area contributed by atoms with Gasteiger partial charge in [-0.2, -0.15) is 0 Å². The Morgan fingerprint density at radius 2 is 1.06 bits per heavy atom. The zero-order chi connectivity index (χ0) is 20.9. The van der Waals surface area contributed by atoms with Gasteiger partial charge in [-0.05, 0) is 47.5 Å². The van der Waals surface area contributed by atoms with Gasteiger partial charge in [-0.25, -0.2) is 0 Å². The predicted octanol–water partition coefficient (Wildman–Crippen LogP) is 6.82. The molecule has 0 spiro atoms. The van der Waals surface area contributed by atoms with Gasteiger partial charge in [0.25, 0.3) is 0 Å².